The summed E-state index contributed by atoms with van der Waals surface area (Å²) in [7, 11) is 1.66. The van der Waals surface area contributed by atoms with Gasteiger partial charge >= 0.3 is 0 Å². The van der Waals surface area contributed by atoms with Crippen molar-refractivity contribution in [2.45, 2.75) is 0 Å². The Morgan fingerprint density at radius 2 is 1.66 bits per heavy atom. The summed E-state index contributed by atoms with van der Waals surface area (Å²) in [5, 5.41) is 2.53. The first kappa shape index (κ1) is 21.2. The predicted molar refractivity (Wildman–Crippen MR) is 138 cm³/mol. The Labute approximate surface area is 201 Å². The van der Waals surface area contributed by atoms with Crippen LogP contribution in [0, 0.1) is 0 Å². The number of methoxy groups -OCH3 is 1. The van der Waals surface area contributed by atoms with Gasteiger partial charge in [-0.15, -0.1) is 0 Å². The Morgan fingerprint density at radius 3 is 2.43 bits per heavy atom. The minimum absolute atomic E-state index is 0.111. The molecule has 3 heterocycles. The monoisotopic (exact) mass is 464 g/mol. The van der Waals surface area contributed by atoms with Crippen LogP contribution < -0.4 is 15.2 Å². The molecule has 7 heteroatoms. The molecular formula is C28H24N4O3. The largest absolute Gasteiger partial charge is 0.497 e. The molecule has 0 aliphatic carbocycles. The molecule has 0 spiro atoms. The summed E-state index contributed by atoms with van der Waals surface area (Å²) in [6.45, 7) is 2.59. The molecule has 2 aromatic heterocycles. The first-order chi connectivity index (χ1) is 17.1. The van der Waals surface area contributed by atoms with Crippen molar-refractivity contribution >= 4 is 38.9 Å². The molecule has 0 saturated carbocycles. The van der Waals surface area contributed by atoms with Crippen molar-refractivity contribution in [2.24, 2.45) is 0 Å². The Hall–Kier alpha value is -4.39. The van der Waals surface area contributed by atoms with Gasteiger partial charge in [-0.2, -0.15) is 0 Å². The van der Waals surface area contributed by atoms with Crippen LogP contribution in [0.4, 0.5) is 5.69 Å². The van der Waals surface area contributed by atoms with E-state index in [1.165, 1.54) is 4.40 Å². The Balaban J connectivity index is 1.33. The maximum atomic E-state index is 13.5. The summed E-state index contributed by atoms with van der Waals surface area (Å²) < 4.78 is 6.82. The highest BCUT2D eigenvalue weighted by atomic mass is 16.5. The molecule has 174 valence electrons. The fraction of sp³-hybridized carbons (Fsp3) is 0.179. The first-order valence-corrected chi connectivity index (χ1v) is 11.6. The van der Waals surface area contributed by atoms with Crippen molar-refractivity contribution in [3.63, 3.8) is 0 Å². The molecule has 35 heavy (non-hydrogen) atoms. The van der Waals surface area contributed by atoms with Gasteiger partial charge in [-0.1, -0.05) is 30.3 Å². The summed E-state index contributed by atoms with van der Waals surface area (Å²) in [6, 6.07) is 23.1. The SMILES string of the molecule is COc1cccc(N2CCN(C(=O)c3cccn4c(=O)c5cc6ccccc6cc5nc34)CC2)c1. The average molecular weight is 465 g/mol. The van der Waals surface area contributed by atoms with E-state index in [4.69, 9.17) is 9.72 Å². The van der Waals surface area contributed by atoms with Crippen molar-refractivity contribution in [1.82, 2.24) is 14.3 Å². The highest BCUT2D eigenvalue weighted by Crippen LogP contribution is 2.24. The van der Waals surface area contributed by atoms with E-state index in [0.29, 0.717) is 48.3 Å². The fourth-order valence-corrected chi connectivity index (χ4v) is 4.83. The van der Waals surface area contributed by atoms with E-state index >= 15 is 0 Å². The lowest BCUT2D eigenvalue weighted by molar-refractivity contribution is 0.0748. The third-order valence-corrected chi connectivity index (χ3v) is 6.72. The number of piperazine rings is 1. The van der Waals surface area contributed by atoms with Crippen LogP contribution in [-0.2, 0) is 0 Å². The van der Waals surface area contributed by atoms with Crippen LogP contribution in [-0.4, -0.2) is 53.5 Å². The molecule has 0 unspecified atom stereocenters. The van der Waals surface area contributed by atoms with Crippen LogP contribution in [0.25, 0.3) is 27.3 Å². The number of carbonyl (C=O) groups is 1. The molecule has 3 aromatic carbocycles. The van der Waals surface area contributed by atoms with Crippen molar-refractivity contribution < 1.29 is 9.53 Å². The van der Waals surface area contributed by atoms with Gasteiger partial charge in [0, 0.05) is 44.1 Å². The normalized spacial score (nSPS) is 14.1. The van der Waals surface area contributed by atoms with Gasteiger partial charge in [-0.3, -0.25) is 14.0 Å². The molecule has 0 atom stereocenters. The lowest BCUT2D eigenvalue weighted by Gasteiger charge is -2.36. The number of rotatable bonds is 3. The molecular weight excluding hydrogens is 440 g/mol. The standard InChI is InChI=1S/C28H24N4O3/c1-35-22-9-4-8-21(18-22)30-12-14-31(15-13-30)27(33)23-10-5-11-32-26(23)29-25-17-20-7-3-2-6-19(20)16-24(25)28(32)34/h2-11,16-18H,12-15H2,1H3. The molecule has 0 bridgehead atoms. The average Bonchev–Trinajstić information content (AvgIpc) is 2.92. The van der Waals surface area contributed by atoms with E-state index in [0.717, 1.165) is 22.2 Å². The van der Waals surface area contributed by atoms with Crippen molar-refractivity contribution in [2.75, 3.05) is 38.2 Å². The molecule has 6 rings (SSSR count). The topological polar surface area (TPSA) is 67.2 Å². The number of ether oxygens (including phenoxy) is 1. The van der Waals surface area contributed by atoms with Crippen LogP contribution in [0.2, 0.25) is 0 Å². The summed E-state index contributed by atoms with van der Waals surface area (Å²) in [4.78, 5) is 35.7. The number of hydrogen-bond acceptors (Lipinski definition) is 5. The van der Waals surface area contributed by atoms with Crippen LogP contribution in [0.5, 0.6) is 5.75 Å². The van der Waals surface area contributed by atoms with Gasteiger partial charge in [0.2, 0.25) is 0 Å². The van der Waals surface area contributed by atoms with Crippen molar-refractivity contribution in [1.29, 1.82) is 0 Å². The van der Waals surface area contributed by atoms with Gasteiger partial charge in [-0.25, -0.2) is 4.98 Å². The van der Waals surface area contributed by atoms with Crippen LogP contribution >= 0.6 is 0 Å². The van der Waals surface area contributed by atoms with E-state index in [9.17, 15) is 9.59 Å². The molecule has 1 fully saturated rings. The van der Waals surface area contributed by atoms with Gasteiger partial charge in [0.1, 0.15) is 5.75 Å². The number of pyridine rings is 1. The maximum Gasteiger partial charge on any atom is 0.265 e. The summed E-state index contributed by atoms with van der Waals surface area (Å²) >= 11 is 0. The van der Waals surface area contributed by atoms with E-state index < -0.39 is 0 Å². The third kappa shape index (κ3) is 3.65. The highest BCUT2D eigenvalue weighted by molar-refractivity contribution is 6.02. The molecule has 7 nitrogen and oxygen atoms in total. The number of carbonyl (C=O) groups excluding carboxylic acids is 1. The van der Waals surface area contributed by atoms with E-state index in [-0.39, 0.29) is 11.5 Å². The molecule has 0 radical (unpaired) electrons. The number of fused-ring (bicyclic) bond motifs is 3. The zero-order valence-corrected chi connectivity index (χ0v) is 19.3. The van der Waals surface area contributed by atoms with Gasteiger partial charge in [0.15, 0.2) is 5.65 Å². The number of benzene rings is 3. The number of nitrogens with zero attached hydrogens (tertiary/aromatic N) is 4. The maximum absolute atomic E-state index is 13.5. The van der Waals surface area contributed by atoms with E-state index in [1.54, 1.807) is 25.4 Å². The first-order valence-electron chi connectivity index (χ1n) is 11.6. The number of amides is 1. The zero-order valence-electron chi connectivity index (χ0n) is 19.3. The van der Waals surface area contributed by atoms with Crippen molar-refractivity contribution in [3.05, 3.63) is 94.9 Å². The third-order valence-electron chi connectivity index (χ3n) is 6.72. The van der Waals surface area contributed by atoms with Gasteiger partial charge in [0.25, 0.3) is 11.5 Å². The highest BCUT2D eigenvalue weighted by Gasteiger charge is 2.25. The van der Waals surface area contributed by atoms with Crippen LogP contribution in [0.3, 0.4) is 0 Å². The van der Waals surface area contributed by atoms with Crippen molar-refractivity contribution in [3.8, 4) is 5.75 Å². The zero-order chi connectivity index (χ0) is 23.9. The minimum Gasteiger partial charge on any atom is -0.497 e. The summed E-state index contributed by atoms with van der Waals surface area (Å²) in [5.74, 6) is 0.703. The Morgan fingerprint density at radius 1 is 0.886 bits per heavy atom. The minimum atomic E-state index is -0.173. The second-order valence-electron chi connectivity index (χ2n) is 8.73. The summed E-state index contributed by atoms with van der Waals surface area (Å²) in [5.41, 5.74) is 2.33. The number of anilines is 1. The van der Waals surface area contributed by atoms with Gasteiger partial charge < -0.3 is 14.5 Å². The second kappa shape index (κ2) is 8.43. The predicted octanol–water partition coefficient (Wildman–Crippen LogP) is 3.97. The fourth-order valence-electron chi connectivity index (χ4n) is 4.83. The number of aromatic nitrogens is 2. The molecule has 5 aromatic rings. The molecule has 1 amide bonds. The summed E-state index contributed by atoms with van der Waals surface area (Å²) in [6.07, 6.45) is 1.68. The van der Waals surface area contributed by atoms with Gasteiger partial charge in [-0.05, 0) is 47.2 Å². The Bertz CT molecular complexity index is 1650. The van der Waals surface area contributed by atoms with Gasteiger partial charge in [0.05, 0.1) is 23.6 Å². The lowest BCUT2D eigenvalue weighted by atomic mass is 10.1. The molecule has 1 aliphatic rings. The molecule has 1 aliphatic heterocycles. The smallest absolute Gasteiger partial charge is 0.265 e. The quantitative estimate of drug-likeness (QED) is 0.378. The van der Waals surface area contributed by atoms with E-state index in [2.05, 4.69) is 11.0 Å². The molecule has 0 N–H and O–H groups in total. The number of hydrogen-bond donors (Lipinski definition) is 0. The van der Waals surface area contributed by atoms with E-state index in [1.807, 2.05) is 59.5 Å². The lowest BCUT2D eigenvalue weighted by Crippen LogP contribution is -2.49. The van der Waals surface area contributed by atoms with Crippen LogP contribution in [0.15, 0.2) is 83.8 Å². The Kier molecular flexibility index (Phi) is 5.10. The molecule has 1 saturated heterocycles. The van der Waals surface area contributed by atoms with Crippen LogP contribution in [0.1, 0.15) is 10.4 Å². The second-order valence-corrected chi connectivity index (χ2v) is 8.73.